The van der Waals surface area contributed by atoms with Crippen molar-refractivity contribution in [1.29, 1.82) is 0 Å². The maximum atomic E-state index is 9.42. The molecule has 2 aromatic rings. The van der Waals surface area contributed by atoms with Gasteiger partial charge in [0.05, 0.1) is 13.2 Å². The van der Waals surface area contributed by atoms with Gasteiger partial charge in [-0.1, -0.05) is 24.3 Å². The summed E-state index contributed by atoms with van der Waals surface area (Å²) in [7, 11) is 0. The van der Waals surface area contributed by atoms with Gasteiger partial charge in [-0.2, -0.15) is 0 Å². The molecular formula is C15H17NO2. The zero-order valence-corrected chi connectivity index (χ0v) is 10.4. The van der Waals surface area contributed by atoms with E-state index in [4.69, 9.17) is 4.74 Å². The zero-order valence-electron chi connectivity index (χ0n) is 10.4. The summed E-state index contributed by atoms with van der Waals surface area (Å²) in [4.78, 5) is 4.06. The van der Waals surface area contributed by atoms with E-state index in [2.05, 4.69) is 4.98 Å². The van der Waals surface area contributed by atoms with Crippen molar-refractivity contribution in [3.05, 3.63) is 59.9 Å². The fourth-order valence-corrected chi connectivity index (χ4v) is 1.78. The molecule has 1 atom stereocenters. The van der Waals surface area contributed by atoms with Gasteiger partial charge in [-0.3, -0.25) is 4.98 Å². The maximum absolute atomic E-state index is 9.42. The normalized spacial score (nSPS) is 12.1. The molecule has 0 bridgehead atoms. The molecule has 0 saturated carbocycles. The van der Waals surface area contributed by atoms with Crippen molar-refractivity contribution in [2.45, 2.75) is 12.8 Å². The Labute approximate surface area is 107 Å². The van der Waals surface area contributed by atoms with Crippen molar-refractivity contribution in [1.82, 2.24) is 4.98 Å². The predicted molar refractivity (Wildman–Crippen MR) is 70.7 cm³/mol. The number of aromatic nitrogens is 1. The Kier molecular flexibility index (Phi) is 4.31. The molecule has 1 unspecified atom stereocenters. The van der Waals surface area contributed by atoms with Gasteiger partial charge in [0.1, 0.15) is 5.75 Å². The van der Waals surface area contributed by atoms with Crippen molar-refractivity contribution in [3.8, 4) is 5.75 Å². The van der Waals surface area contributed by atoms with Gasteiger partial charge in [-0.05, 0) is 30.2 Å². The highest BCUT2D eigenvalue weighted by Crippen LogP contribution is 2.20. The van der Waals surface area contributed by atoms with Crippen LogP contribution in [-0.4, -0.2) is 23.3 Å². The van der Waals surface area contributed by atoms with Gasteiger partial charge >= 0.3 is 0 Å². The standard InChI is InChI=1S/C15H17NO2/c1-12-5-2-3-7-15(12)18-11-14(10-17)13-6-4-8-16-9-13/h2-9,14,17H,10-11H2,1H3. The Morgan fingerprint density at radius 3 is 2.72 bits per heavy atom. The van der Waals surface area contributed by atoms with Gasteiger partial charge in [0.25, 0.3) is 0 Å². The molecule has 0 aliphatic rings. The third kappa shape index (κ3) is 3.08. The van der Waals surface area contributed by atoms with E-state index in [1.807, 2.05) is 43.3 Å². The van der Waals surface area contributed by atoms with Crippen LogP contribution in [0.2, 0.25) is 0 Å². The van der Waals surface area contributed by atoms with Crippen molar-refractivity contribution in [2.24, 2.45) is 0 Å². The van der Waals surface area contributed by atoms with Gasteiger partial charge in [-0.25, -0.2) is 0 Å². The first-order chi connectivity index (χ1) is 8.81. The van der Waals surface area contributed by atoms with Gasteiger partial charge < -0.3 is 9.84 Å². The summed E-state index contributed by atoms with van der Waals surface area (Å²) >= 11 is 0. The summed E-state index contributed by atoms with van der Waals surface area (Å²) in [5.41, 5.74) is 2.09. The number of ether oxygens (including phenoxy) is 1. The lowest BCUT2D eigenvalue weighted by atomic mass is 10.0. The highest BCUT2D eigenvalue weighted by molar-refractivity contribution is 5.32. The van der Waals surface area contributed by atoms with Crippen molar-refractivity contribution < 1.29 is 9.84 Å². The third-order valence-corrected chi connectivity index (χ3v) is 2.91. The molecule has 1 N–H and O–H groups in total. The van der Waals surface area contributed by atoms with Crippen LogP contribution in [0.4, 0.5) is 0 Å². The number of aliphatic hydroxyl groups is 1. The molecule has 0 spiro atoms. The van der Waals surface area contributed by atoms with Crippen molar-refractivity contribution in [2.75, 3.05) is 13.2 Å². The van der Waals surface area contributed by atoms with E-state index in [1.54, 1.807) is 12.4 Å². The molecule has 2 rings (SSSR count). The highest BCUT2D eigenvalue weighted by atomic mass is 16.5. The van der Waals surface area contributed by atoms with Crippen LogP contribution in [0.25, 0.3) is 0 Å². The van der Waals surface area contributed by atoms with Gasteiger partial charge in [0, 0.05) is 18.3 Å². The van der Waals surface area contributed by atoms with E-state index < -0.39 is 0 Å². The Hall–Kier alpha value is -1.87. The smallest absolute Gasteiger partial charge is 0.122 e. The fraction of sp³-hybridized carbons (Fsp3) is 0.267. The topological polar surface area (TPSA) is 42.4 Å². The van der Waals surface area contributed by atoms with E-state index in [0.717, 1.165) is 16.9 Å². The minimum atomic E-state index is -0.0432. The van der Waals surface area contributed by atoms with E-state index in [0.29, 0.717) is 6.61 Å². The molecular weight excluding hydrogens is 226 g/mol. The first-order valence-corrected chi connectivity index (χ1v) is 6.00. The summed E-state index contributed by atoms with van der Waals surface area (Å²) in [5, 5.41) is 9.42. The second-order valence-electron chi connectivity index (χ2n) is 4.24. The molecule has 18 heavy (non-hydrogen) atoms. The first kappa shape index (κ1) is 12.6. The number of rotatable bonds is 5. The molecule has 0 radical (unpaired) electrons. The fourth-order valence-electron chi connectivity index (χ4n) is 1.78. The van der Waals surface area contributed by atoms with Crippen molar-refractivity contribution >= 4 is 0 Å². The summed E-state index contributed by atoms with van der Waals surface area (Å²) in [5.74, 6) is 0.818. The van der Waals surface area contributed by atoms with Gasteiger partial charge in [-0.15, -0.1) is 0 Å². The molecule has 1 aromatic heterocycles. The molecule has 0 saturated heterocycles. The third-order valence-electron chi connectivity index (χ3n) is 2.91. The van der Waals surface area contributed by atoms with Crippen LogP contribution in [0.3, 0.4) is 0 Å². The number of pyridine rings is 1. The lowest BCUT2D eigenvalue weighted by Gasteiger charge is -2.16. The van der Waals surface area contributed by atoms with E-state index in [1.165, 1.54) is 0 Å². The molecule has 3 heteroatoms. The van der Waals surface area contributed by atoms with Gasteiger partial charge in [0.15, 0.2) is 0 Å². The summed E-state index contributed by atoms with van der Waals surface area (Å²) in [6.45, 7) is 2.51. The number of benzene rings is 1. The number of para-hydroxylation sites is 1. The second kappa shape index (κ2) is 6.17. The molecule has 1 aromatic carbocycles. The molecule has 0 aliphatic carbocycles. The van der Waals surface area contributed by atoms with Crippen molar-refractivity contribution in [3.63, 3.8) is 0 Å². The number of hydrogen-bond acceptors (Lipinski definition) is 3. The van der Waals surface area contributed by atoms with E-state index >= 15 is 0 Å². The first-order valence-electron chi connectivity index (χ1n) is 6.00. The average molecular weight is 243 g/mol. The molecule has 94 valence electrons. The molecule has 0 aliphatic heterocycles. The Morgan fingerprint density at radius 1 is 1.22 bits per heavy atom. The van der Waals surface area contributed by atoms with E-state index in [9.17, 15) is 5.11 Å². The lowest BCUT2D eigenvalue weighted by Crippen LogP contribution is -2.14. The van der Waals surface area contributed by atoms with Crippen LogP contribution in [-0.2, 0) is 0 Å². The molecule has 0 amide bonds. The average Bonchev–Trinajstić information content (AvgIpc) is 2.42. The largest absolute Gasteiger partial charge is 0.493 e. The number of hydrogen-bond donors (Lipinski definition) is 1. The summed E-state index contributed by atoms with van der Waals surface area (Å²) in [6.07, 6.45) is 3.49. The highest BCUT2D eigenvalue weighted by Gasteiger charge is 2.11. The Bertz CT molecular complexity index is 485. The SMILES string of the molecule is Cc1ccccc1OCC(CO)c1cccnc1. The molecule has 1 heterocycles. The predicted octanol–water partition coefficient (Wildman–Crippen LogP) is 2.54. The minimum Gasteiger partial charge on any atom is -0.493 e. The number of aliphatic hydroxyl groups excluding tert-OH is 1. The maximum Gasteiger partial charge on any atom is 0.122 e. The lowest BCUT2D eigenvalue weighted by molar-refractivity contribution is 0.204. The zero-order chi connectivity index (χ0) is 12.8. The van der Waals surface area contributed by atoms with Gasteiger partial charge in [0.2, 0.25) is 0 Å². The van der Waals surface area contributed by atoms with Crippen LogP contribution in [0, 0.1) is 6.92 Å². The number of aryl methyl sites for hydroxylation is 1. The van der Waals surface area contributed by atoms with Crippen LogP contribution >= 0.6 is 0 Å². The summed E-state index contributed by atoms with van der Waals surface area (Å²) < 4.78 is 5.76. The van der Waals surface area contributed by atoms with Crippen LogP contribution in [0.1, 0.15) is 17.0 Å². The van der Waals surface area contributed by atoms with Crippen LogP contribution in [0.5, 0.6) is 5.75 Å². The van der Waals surface area contributed by atoms with E-state index in [-0.39, 0.29) is 12.5 Å². The molecule has 3 nitrogen and oxygen atoms in total. The van der Waals surface area contributed by atoms with Crippen LogP contribution < -0.4 is 4.74 Å². The minimum absolute atomic E-state index is 0.0432. The Balaban J connectivity index is 2.02. The quantitative estimate of drug-likeness (QED) is 0.877. The number of nitrogens with zero attached hydrogens (tertiary/aromatic N) is 1. The van der Waals surface area contributed by atoms with Crippen LogP contribution in [0.15, 0.2) is 48.8 Å². The second-order valence-corrected chi connectivity index (χ2v) is 4.24. The Morgan fingerprint density at radius 2 is 2.06 bits per heavy atom. The molecule has 0 fully saturated rings. The monoisotopic (exact) mass is 243 g/mol. The summed E-state index contributed by atoms with van der Waals surface area (Å²) in [6, 6.07) is 11.7.